The van der Waals surface area contributed by atoms with Gasteiger partial charge in [0.25, 0.3) is 5.19 Å². The van der Waals surface area contributed by atoms with Crippen LogP contribution in [0.15, 0.2) is 30.5 Å². The number of aliphatic hydroxyl groups is 1. The molecule has 1 N–H and O–H groups in total. The van der Waals surface area contributed by atoms with E-state index in [-0.39, 0.29) is 11.9 Å². The van der Waals surface area contributed by atoms with E-state index in [1.807, 2.05) is 18.3 Å². The van der Waals surface area contributed by atoms with Crippen molar-refractivity contribution in [2.24, 2.45) is 0 Å². The molecule has 0 bridgehead atoms. The first-order chi connectivity index (χ1) is 18.1. The number of fused-ring (bicyclic) bond motifs is 1. The van der Waals surface area contributed by atoms with Crippen LogP contribution in [0.3, 0.4) is 0 Å². The third-order valence-electron chi connectivity index (χ3n) is 7.08. The van der Waals surface area contributed by atoms with E-state index >= 15 is 0 Å². The molecule has 0 aliphatic carbocycles. The second kappa shape index (κ2) is 11.2. The summed E-state index contributed by atoms with van der Waals surface area (Å²) in [5.41, 5.74) is 2.36. The fourth-order valence-corrected chi connectivity index (χ4v) is 8.10. The van der Waals surface area contributed by atoms with E-state index in [9.17, 15) is 13.5 Å². The molecule has 8 nitrogen and oxygen atoms in total. The second-order valence-electron chi connectivity index (χ2n) is 10.8. The van der Waals surface area contributed by atoms with Crippen molar-refractivity contribution in [3.63, 3.8) is 0 Å². The summed E-state index contributed by atoms with van der Waals surface area (Å²) in [6.07, 6.45) is 7.60. The predicted molar refractivity (Wildman–Crippen MR) is 156 cm³/mol. The van der Waals surface area contributed by atoms with Crippen LogP contribution >= 0.6 is 22.7 Å². The predicted octanol–water partition coefficient (Wildman–Crippen LogP) is 5.08. The number of aryl methyl sites for hydroxylation is 1. The highest BCUT2D eigenvalue weighted by Gasteiger charge is 2.26. The molecule has 206 valence electrons. The second-order valence-corrected chi connectivity index (χ2v) is 15.1. The monoisotopic (exact) mass is 576 g/mol. The van der Waals surface area contributed by atoms with Crippen molar-refractivity contribution in [1.82, 2.24) is 14.3 Å². The van der Waals surface area contributed by atoms with Gasteiger partial charge in [0.05, 0.1) is 21.6 Å². The number of benzene rings is 1. The van der Waals surface area contributed by atoms with Gasteiger partial charge in [-0.15, -0.1) is 11.3 Å². The lowest BCUT2D eigenvalue weighted by atomic mass is 10.0. The smallest absolute Gasteiger partial charge is 0.274 e. The van der Waals surface area contributed by atoms with Crippen molar-refractivity contribution in [3.8, 4) is 5.19 Å². The zero-order valence-electron chi connectivity index (χ0n) is 22.2. The molecule has 4 heterocycles. The van der Waals surface area contributed by atoms with E-state index in [2.05, 4.69) is 28.9 Å². The number of ether oxygens (including phenoxy) is 1. The van der Waals surface area contributed by atoms with Gasteiger partial charge in [0.15, 0.2) is 5.13 Å². The summed E-state index contributed by atoms with van der Waals surface area (Å²) in [6.45, 7) is 8.24. The van der Waals surface area contributed by atoms with Crippen LogP contribution < -0.4 is 9.64 Å². The van der Waals surface area contributed by atoms with Crippen LogP contribution in [0.4, 0.5) is 5.13 Å². The minimum atomic E-state index is -3.33. The normalized spacial score (nSPS) is 18.2. The molecular weight excluding hydrogens is 541 g/mol. The van der Waals surface area contributed by atoms with Gasteiger partial charge in [-0.1, -0.05) is 23.5 Å². The highest BCUT2D eigenvalue weighted by molar-refractivity contribution is 7.89. The van der Waals surface area contributed by atoms with Crippen LogP contribution in [0, 0.1) is 6.92 Å². The summed E-state index contributed by atoms with van der Waals surface area (Å²) >= 11 is 3.31. The zero-order valence-corrected chi connectivity index (χ0v) is 24.7. The van der Waals surface area contributed by atoms with E-state index < -0.39 is 15.6 Å². The van der Waals surface area contributed by atoms with Gasteiger partial charge in [-0.3, -0.25) is 0 Å². The molecule has 2 aliphatic rings. The van der Waals surface area contributed by atoms with Crippen LogP contribution in [0.1, 0.15) is 56.4 Å². The molecule has 1 aromatic carbocycles. The first kappa shape index (κ1) is 27.5. The summed E-state index contributed by atoms with van der Waals surface area (Å²) in [4.78, 5) is 12.8. The van der Waals surface area contributed by atoms with Crippen LogP contribution in [-0.4, -0.2) is 71.4 Å². The topological polar surface area (TPSA) is 95.9 Å². The van der Waals surface area contributed by atoms with Crippen molar-refractivity contribution in [3.05, 3.63) is 40.9 Å². The zero-order chi connectivity index (χ0) is 26.9. The first-order valence-corrected chi connectivity index (χ1v) is 16.4. The van der Waals surface area contributed by atoms with Gasteiger partial charge < -0.3 is 14.7 Å². The molecule has 3 aromatic rings. The quantitative estimate of drug-likeness (QED) is 0.380. The number of thiazole rings is 2. The number of rotatable bonds is 9. The van der Waals surface area contributed by atoms with E-state index in [1.54, 1.807) is 40.8 Å². The lowest BCUT2D eigenvalue weighted by molar-refractivity contribution is 0.0704. The molecule has 5 rings (SSSR count). The summed E-state index contributed by atoms with van der Waals surface area (Å²) < 4.78 is 34.4. The summed E-state index contributed by atoms with van der Waals surface area (Å²) in [5.74, 6) is 0.0688. The van der Waals surface area contributed by atoms with E-state index in [0.29, 0.717) is 37.5 Å². The Morgan fingerprint density at radius 1 is 1.18 bits per heavy atom. The molecule has 0 radical (unpaired) electrons. The average Bonchev–Trinajstić information content (AvgIpc) is 3.48. The number of piperidine rings is 1. The molecule has 2 aromatic heterocycles. The lowest BCUT2D eigenvalue weighted by Gasteiger charge is -2.31. The SMILES string of the molecule is Cc1cnc(N2CCC(Oc3nc4ccc(C5=CCN(S(=O)(=O)CCCC(C)(C)O)CC5)cc4s3)CC2)s1. The summed E-state index contributed by atoms with van der Waals surface area (Å²) in [5, 5.41) is 11.7. The Morgan fingerprint density at radius 3 is 2.63 bits per heavy atom. The number of aromatic nitrogens is 2. The summed E-state index contributed by atoms with van der Waals surface area (Å²) in [7, 11) is -3.33. The molecule has 1 fully saturated rings. The van der Waals surface area contributed by atoms with E-state index in [1.165, 1.54) is 4.88 Å². The standard InChI is InChI=1S/C27H36N4O4S3/c1-19-18-28-25(36-19)30-12-9-22(10-13-30)35-26-29-23-6-5-21(17-24(23)37-26)20-7-14-31(15-8-20)38(33,34)16-4-11-27(2,3)32/h5-7,17-18,22,32H,4,8-16H2,1-3H3. The molecule has 38 heavy (non-hydrogen) atoms. The van der Waals surface area contributed by atoms with Crippen LogP contribution in [0.5, 0.6) is 5.19 Å². The van der Waals surface area contributed by atoms with Crippen molar-refractivity contribution in [2.75, 3.05) is 36.8 Å². The number of nitrogens with zero attached hydrogens (tertiary/aromatic N) is 4. The molecule has 1 saturated heterocycles. The molecule has 0 spiro atoms. The average molecular weight is 577 g/mol. The Kier molecular flexibility index (Phi) is 8.12. The number of sulfonamides is 1. The van der Waals surface area contributed by atoms with Crippen LogP contribution in [-0.2, 0) is 10.0 Å². The maximum atomic E-state index is 12.7. The minimum absolute atomic E-state index is 0.0688. The first-order valence-electron chi connectivity index (χ1n) is 13.2. The van der Waals surface area contributed by atoms with Gasteiger partial charge >= 0.3 is 0 Å². The van der Waals surface area contributed by atoms with E-state index in [4.69, 9.17) is 9.72 Å². The number of hydrogen-bond donors (Lipinski definition) is 1. The Hall–Kier alpha value is -2.05. The van der Waals surface area contributed by atoms with E-state index in [0.717, 1.165) is 52.4 Å². The van der Waals surface area contributed by atoms with Gasteiger partial charge in [-0.05, 0) is 63.3 Å². The van der Waals surface area contributed by atoms with Crippen molar-refractivity contribution in [1.29, 1.82) is 0 Å². The third-order valence-corrected chi connectivity index (χ3v) is 10.9. The Bertz CT molecular complexity index is 1400. The molecule has 0 amide bonds. The van der Waals surface area contributed by atoms with Gasteiger partial charge in [0, 0.05) is 50.1 Å². The number of anilines is 1. The van der Waals surface area contributed by atoms with Gasteiger partial charge in [-0.25, -0.2) is 18.4 Å². The maximum absolute atomic E-state index is 12.7. The van der Waals surface area contributed by atoms with Crippen LogP contribution in [0.2, 0.25) is 0 Å². The molecule has 2 aliphatic heterocycles. The third kappa shape index (κ3) is 6.74. The molecule has 0 atom stereocenters. The summed E-state index contributed by atoms with van der Waals surface area (Å²) in [6, 6.07) is 6.24. The van der Waals surface area contributed by atoms with Crippen molar-refractivity contribution in [2.45, 2.75) is 64.6 Å². The molecule has 11 heteroatoms. The fourth-order valence-electron chi connectivity index (χ4n) is 4.93. The molecule has 0 unspecified atom stereocenters. The molecular formula is C27H36N4O4S3. The fraction of sp³-hybridized carbons (Fsp3) is 0.556. The minimum Gasteiger partial charge on any atom is -0.467 e. The lowest BCUT2D eigenvalue weighted by Crippen LogP contribution is -2.38. The Morgan fingerprint density at radius 2 is 1.97 bits per heavy atom. The van der Waals surface area contributed by atoms with Gasteiger partial charge in [0.2, 0.25) is 10.0 Å². The van der Waals surface area contributed by atoms with Gasteiger partial charge in [0.1, 0.15) is 6.10 Å². The van der Waals surface area contributed by atoms with Crippen molar-refractivity contribution < 1.29 is 18.3 Å². The Labute approximate surface area is 233 Å². The van der Waals surface area contributed by atoms with Crippen LogP contribution in [0.25, 0.3) is 15.8 Å². The largest absolute Gasteiger partial charge is 0.467 e. The highest BCUT2D eigenvalue weighted by atomic mass is 32.2. The van der Waals surface area contributed by atoms with Crippen molar-refractivity contribution >= 4 is 53.6 Å². The highest BCUT2D eigenvalue weighted by Crippen LogP contribution is 2.34. The molecule has 0 saturated carbocycles. The van der Waals surface area contributed by atoms with Gasteiger partial charge in [-0.2, -0.15) is 4.31 Å². The Balaban J connectivity index is 1.17. The maximum Gasteiger partial charge on any atom is 0.274 e. The number of hydrogen-bond acceptors (Lipinski definition) is 9.